The van der Waals surface area contributed by atoms with Crippen LogP contribution in [0.15, 0.2) is 30.3 Å². The van der Waals surface area contributed by atoms with Gasteiger partial charge in [0.05, 0.1) is 24.6 Å². The molecule has 0 saturated carbocycles. The van der Waals surface area contributed by atoms with Gasteiger partial charge in [-0.05, 0) is 42.8 Å². The van der Waals surface area contributed by atoms with Crippen LogP contribution in [0.2, 0.25) is 4.34 Å². The molecule has 0 spiro atoms. The van der Waals surface area contributed by atoms with Gasteiger partial charge >= 0.3 is 0 Å². The van der Waals surface area contributed by atoms with Crippen molar-refractivity contribution in [2.45, 2.75) is 19.4 Å². The average Bonchev–Trinajstić information content (AvgIpc) is 2.93. The normalized spacial score (nSPS) is 12.2. The van der Waals surface area contributed by atoms with Crippen LogP contribution in [0, 0.1) is 0 Å². The lowest BCUT2D eigenvalue weighted by Crippen LogP contribution is -2.22. The molecular weight excluding hydrogens is 306 g/mol. The van der Waals surface area contributed by atoms with Gasteiger partial charge in [-0.25, -0.2) is 0 Å². The molecule has 0 aliphatic carbocycles. The predicted molar refractivity (Wildman–Crippen MR) is 89.0 cm³/mol. The van der Waals surface area contributed by atoms with Gasteiger partial charge in [0.25, 0.3) is 0 Å². The van der Waals surface area contributed by atoms with Gasteiger partial charge in [0, 0.05) is 10.9 Å². The van der Waals surface area contributed by atoms with Crippen LogP contribution in [0.5, 0.6) is 11.5 Å². The van der Waals surface area contributed by atoms with Crippen LogP contribution in [0.4, 0.5) is 0 Å². The molecule has 0 bridgehead atoms. The number of ether oxygens (including phenoxy) is 2. The molecule has 2 aromatic rings. The van der Waals surface area contributed by atoms with Crippen LogP contribution in [-0.2, 0) is 0 Å². The maximum absolute atomic E-state index is 6.08. The highest BCUT2D eigenvalue weighted by Crippen LogP contribution is 2.34. The summed E-state index contributed by atoms with van der Waals surface area (Å²) in [5.74, 6) is 1.57. The fourth-order valence-electron chi connectivity index (χ4n) is 2.15. The third-order valence-electron chi connectivity index (χ3n) is 3.18. The van der Waals surface area contributed by atoms with Crippen LogP contribution in [-0.4, -0.2) is 20.8 Å². The third kappa shape index (κ3) is 4.13. The Morgan fingerprint density at radius 1 is 1.14 bits per heavy atom. The Morgan fingerprint density at radius 2 is 1.81 bits per heavy atom. The lowest BCUT2D eigenvalue weighted by atomic mass is 10.0. The number of hydrogen-bond donors (Lipinski definition) is 1. The zero-order valence-corrected chi connectivity index (χ0v) is 14.1. The number of thiophene rings is 1. The van der Waals surface area contributed by atoms with Gasteiger partial charge in [0.1, 0.15) is 11.5 Å². The second-order valence-electron chi connectivity index (χ2n) is 4.68. The summed E-state index contributed by atoms with van der Waals surface area (Å²) in [4.78, 5) is 1.18. The fourth-order valence-corrected chi connectivity index (χ4v) is 3.32. The van der Waals surface area contributed by atoms with E-state index in [0.717, 1.165) is 34.4 Å². The van der Waals surface area contributed by atoms with E-state index in [-0.39, 0.29) is 6.04 Å². The molecule has 1 heterocycles. The van der Waals surface area contributed by atoms with Gasteiger partial charge in [-0.1, -0.05) is 18.5 Å². The molecule has 1 aromatic carbocycles. The molecule has 2 rings (SSSR count). The van der Waals surface area contributed by atoms with Crippen molar-refractivity contribution in [1.29, 1.82) is 0 Å². The third-order valence-corrected chi connectivity index (χ3v) is 4.48. The topological polar surface area (TPSA) is 30.5 Å². The summed E-state index contributed by atoms with van der Waals surface area (Å²) in [6, 6.07) is 10.0. The van der Waals surface area contributed by atoms with Crippen LogP contribution in [0.25, 0.3) is 0 Å². The molecule has 114 valence electrons. The highest BCUT2D eigenvalue weighted by molar-refractivity contribution is 7.16. The molecule has 0 saturated heterocycles. The molecule has 0 amide bonds. The first-order chi connectivity index (χ1) is 10.2. The van der Waals surface area contributed by atoms with Gasteiger partial charge < -0.3 is 14.8 Å². The zero-order chi connectivity index (χ0) is 15.2. The van der Waals surface area contributed by atoms with Gasteiger partial charge in [-0.2, -0.15) is 0 Å². The Balaban J connectivity index is 2.40. The van der Waals surface area contributed by atoms with Gasteiger partial charge in [-0.15, -0.1) is 11.3 Å². The Labute approximate surface area is 134 Å². The molecule has 0 radical (unpaired) electrons. The SMILES string of the molecule is CCCNC(c1cc(OC)cc(OC)c1)c1ccc(Cl)s1. The number of halogens is 1. The van der Waals surface area contributed by atoms with Crippen molar-refractivity contribution < 1.29 is 9.47 Å². The van der Waals surface area contributed by atoms with Crippen LogP contribution in [0.1, 0.15) is 29.8 Å². The van der Waals surface area contributed by atoms with Crippen molar-refractivity contribution >= 4 is 22.9 Å². The molecule has 1 N–H and O–H groups in total. The second kappa shape index (κ2) is 7.69. The van der Waals surface area contributed by atoms with Crippen molar-refractivity contribution in [3.63, 3.8) is 0 Å². The maximum atomic E-state index is 6.08. The molecule has 21 heavy (non-hydrogen) atoms. The number of hydrogen-bond acceptors (Lipinski definition) is 4. The fraction of sp³-hybridized carbons (Fsp3) is 0.375. The van der Waals surface area contributed by atoms with E-state index in [1.54, 1.807) is 25.6 Å². The van der Waals surface area contributed by atoms with Crippen molar-refractivity contribution in [2.24, 2.45) is 0 Å². The quantitative estimate of drug-likeness (QED) is 0.812. The minimum Gasteiger partial charge on any atom is -0.497 e. The van der Waals surface area contributed by atoms with Crippen LogP contribution in [0.3, 0.4) is 0 Å². The summed E-state index contributed by atoms with van der Waals surface area (Å²) in [7, 11) is 3.32. The minimum absolute atomic E-state index is 0.0893. The number of methoxy groups -OCH3 is 2. The van der Waals surface area contributed by atoms with Crippen LogP contribution >= 0.6 is 22.9 Å². The summed E-state index contributed by atoms with van der Waals surface area (Å²) in [5.41, 5.74) is 1.11. The van der Waals surface area contributed by atoms with E-state index >= 15 is 0 Å². The lowest BCUT2D eigenvalue weighted by Gasteiger charge is -2.19. The Morgan fingerprint density at radius 3 is 2.29 bits per heavy atom. The Hall–Kier alpha value is -1.23. The highest BCUT2D eigenvalue weighted by Gasteiger charge is 2.17. The molecule has 1 atom stereocenters. The van der Waals surface area contributed by atoms with E-state index in [9.17, 15) is 0 Å². The maximum Gasteiger partial charge on any atom is 0.122 e. The zero-order valence-electron chi connectivity index (χ0n) is 12.5. The summed E-state index contributed by atoms with van der Waals surface area (Å²) in [6.07, 6.45) is 1.07. The van der Waals surface area contributed by atoms with E-state index < -0.39 is 0 Å². The van der Waals surface area contributed by atoms with Crippen LogP contribution < -0.4 is 14.8 Å². The molecule has 0 fully saturated rings. The lowest BCUT2D eigenvalue weighted by molar-refractivity contribution is 0.392. The van der Waals surface area contributed by atoms with E-state index in [1.165, 1.54) is 4.88 Å². The Bertz CT molecular complexity index is 563. The summed E-state index contributed by atoms with van der Waals surface area (Å²) >= 11 is 7.67. The van der Waals surface area contributed by atoms with Crippen molar-refractivity contribution in [1.82, 2.24) is 5.32 Å². The average molecular weight is 326 g/mol. The van der Waals surface area contributed by atoms with Crippen molar-refractivity contribution in [3.8, 4) is 11.5 Å². The van der Waals surface area contributed by atoms with E-state index in [1.807, 2.05) is 24.3 Å². The molecule has 0 aliphatic rings. The van der Waals surface area contributed by atoms with Gasteiger partial charge in [0.2, 0.25) is 0 Å². The van der Waals surface area contributed by atoms with Crippen molar-refractivity contribution in [3.05, 3.63) is 45.1 Å². The molecule has 5 heteroatoms. The monoisotopic (exact) mass is 325 g/mol. The van der Waals surface area contributed by atoms with E-state index in [2.05, 4.69) is 18.3 Å². The summed E-state index contributed by atoms with van der Waals surface area (Å²) < 4.78 is 11.5. The molecule has 0 aliphatic heterocycles. The Kier molecular flexibility index (Phi) is 5.91. The predicted octanol–water partition coefficient (Wildman–Crippen LogP) is 4.51. The number of rotatable bonds is 7. The highest BCUT2D eigenvalue weighted by atomic mass is 35.5. The second-order valence-corrected chi connectivity index (χ2v) is 6.42. The summed E-state index contributed by atoms with van der Waals surface area (Å²) in [6.45, 7) is 3.08. The van der Waals surface area contributed by atoms with Crippen molar-refractivity contribution in [2.75, 3.05) is 20.8 Å². The standard InChI is InChI=1S/C16H20ClNO2S/c1-4-7-18-16(14-5-6-15(17)21-14)11-8-12(19-2)10-13(9-11)20-3/h5-6,8-10,16,18H,4,7H2,1-3H3. The molecule has 1 aromatic heterocycles. The van der Waals surface area contributed by atoms with E-state index in [4.69, 9.17) is 21.1 Å². The molecular formula is C16H20ClNO2S. The van der Waals surface area contributed by atoms with E-state index in [0.29, 0.717) is 0 Å². The largest absolute Gasteiger partial charge is 0.497 e. The number of benzene rings is 1. The van der Waals surface area contributed by atoms with Gasteiger partial charge in [-0.3, -0.25) is 0 Å². The molecule has 3 nitrogen and oxygen atoms in total. The first-order valence-corrected chi connectivity index (χ1v) is 8.09. The minimum atomic E-state index is 0.0893. The first kappa shape index (κ1) is 16.1. The number of nitrogens with one attached hydrogen (secondary N) is 1. The smallest absolute Gasteiger partial charge is 0.122 e. The first-order valence-electron chi connectivity index (χ1n) is 6.89. The summed E-state index contributed by atoms with van der Waals surface area (Å²) in [5, 5.41) is 3.56. The van der Waals surface area contributed by atoms with Gasteiger partial charge in [0.15, 0.2) is 0 Å². The molecule has 1 unspecified atom stereocenters.